The van der Waals surface area contributed by atoms with Crippen LogP contribution in [0.2, 0.25) is 0 Å². The van der Waals surface area contributed by atoms with Crippen molar-refractivity contribution in [2.75, 3.05) is 0 Å². The van der Waals surface area contributed by atoms with Gasteiger partial charge in [-0.25, -0.2) is 0 Å². The van der Waals surface area contributed by atoms with E-state index in [-0.39, 0.29) is 0 Å². The van der Waals surface area contributed by atoms with E-state index in [9.17, 15) is 0 Å². The van der Waals surface area contributed by atoms with E-state index < -0.39 is 0 Å². The summed E-state index contributed by atoms with van der Waals surface area (Å²) in [5, 5.41) is 0. The van der Waals surface area contributed by atoms with Crippen LogP contribution in [0.4, 0.5) is 0 Å². The van der Waals surface area contributed by atoms with Gasteiger partial charge in [0.05, 0.1) is 5.69 Å². The van der Waals surface area contributed by atoms with E-state index in [4.69, 9.17) is 0 Å². The summed E-state index contributed by atoms with van der Waals surface area (Å²) in [6, 6.07) is 12.0. The molecule has 0 N–H and O–H groups in total. The number of halogens is 2. The van der Waals surface area contributed by atoms with Crippen molar-refractivity contribution in [2.45, 2.75) is 0 Å². The first-order valence-corrected chi connectivity index (χ1v) is 5.72. The van der Waals surface area contributed by atoms with Crippen molar-refractivity contribution in [3.63, 3.8) is 0 Å². The minimum Gasteiger partial charge on any atom is -0.255 e. The van der Waals surface area contributed by atoms with Gasteiger partial charge in [-0.05, 0) is 40.2 Å². The van der Waals surface area contributed by atoms with Crippen molar-refractivity contribution in [3.8, 4) is 11.3 Å². The molecule has 0 aliphatic heterocycles. The molecule has 0 saturated heterocycles. The minimum absolute atomic E-state index is 0.972. The molecule has 2 rings (SSSR count). The van der Waals surface area contributed by atoms with Crippen molar-refractivity contribution >= 4 is 31.9 Å². The number of hydrogen-bond donors (Lipinski definition) is 0. The highest BCUT2D eigenvalue weighted by Gasteiger charge is 2.02. The molecule has 0 aliphatic carbocycles. The van der Waals surface area contributed by atoms with Crippen molar-refractivity contribution < 1.29 is 0 Å². The second-order valence-electron chi connectivity index (χ2n) is 2.84. The quantitative estimate of drug-likeness (QED) is 0.766. The molecule has 0 bridgehead atoms. The first-order chi connectivity index (χ1) is 6.77. The third kappa shape index (κ3) is 2.04. The summed E-state index contributed by atoms with van der Waals surface area (Å²) < 4.78 is 2.09. The van der Waals surface area contributed by atoms with E-state index in [1.807, 2.05) is 36.4 Å². The average molecular weight is 313 g/mol. The molecule has 0 unspecified atom stereocenters. The van der Waals surface area contributed by atoms with Gasteiger partial charge in [0.1, 0.15) is 0 Å². The van der Waals surface area contributed by atoms with Crippen molar-refractivity contribution in [3.05, 3.63) is 51.5 Å². The maximum absolute atomic E-state index is 4.32. The molecule has 0 fully saturated rings. The minimum atomic E-state index is 0.972. The van der Waals surface area contributed by atoms with Crippen LogP contribution in [0.1, 0.15) is 0 Å². The lowest BCUT2D eigenvalue weighted by atomic mass is 10.1. The predicted molar refractivity (Wildman–Crippen MR) is 65.1 cm³/mol. The van der Waals surface area contributed by atoms with Gasteiger partial charge < -0.3 is 0 Å². The molecular formula is C11H7Br2N. The Morgan fingerprint density at radius 1 is 0.929 bits per heavy atom. The summed E-state index contributed by atoms with van der Waals surface area (Å²) in [5.41, 5.74) is 2.08. The van der Waals surface area contributed by atoms with Crippen LogP contribution >= 0.6 is 31.9 Å². The molecule has 1 aromatic carbocycles. The molecule has 0 aliphatic rings. The molecule has 1 heterocycles. The van der Waals surface area contributed by atoms with Crippen LogP contribution in [0.25, 0.3) is 11.3 Å². The topological polar surface area (TPSA) is 12.9 Å². The first-order valence-electron chi connectivity index (χ1n) is 4.14. The predicted octanol–water partition coefficient (Wildman–Crippen LogP) is 4.27. The highest BCUT2D eigenvalue weighted by atomic mass is 79.9. The Bertz CT molecular complexity index is 437. The average Bonchev–Trinajstić information content (AvgIpc) is 2.20. The zero-order valence-corrected chi connectivity index (χ0v) is 10.4. The maximum atomic E-state index is 4.32. The standard InChI is InChI=1S/C11H7Br2N/c12-9-5-3-8(4-6-9)11-10(13)2-1-7-14-11/h1-7H. The summed E-state index contributed by atoms with van der Waals surface area (Å²) in [6.45, 7) is 0. The molecule has 0 saturated carbocycles. The summed E-state index contributed by atoms with van der Waals surface area (Å²) >= 11 is 6.88. The monoisotopic (exact) mass is 311 g/mol. The number of rotatable bonds is 1. The van der Waals surface area contributed by atoms with E-state index in [1.54, 1.807) is 6.20 Å². The summed E-state index contributed by atoms with van der Waals surface area (Å²) in [6.07, 6.45) is 1.79. The van der Waals surface area contributed by atoms with Crippen LogP contribution in [0.5, 0.6) is 0 Å². The molecule has 0 atom stereocenters. The van der Waals surface area contributed by atoms with Gasteiger partial charge in [-0.3, -0.25) is 4.98 Å². The van der Waals surface area contributed by atoms with Gasteiger partial charge >= 0.3 is 0 Å². The largest absolute Gasteiger partial charge is 0.255 e. The van der Waals surface area contributed by atoms with Crippen molar-refractivity contribution in [2.24, 2.45) is 0 Å². The fourth-order valence-electron chi connectivity index (χ4n) is 1.21. The van der Waals surface area contributed by atoms with Gasteiger partial charge in [-0.15, -0.1) is 0 Å². The van der Waals surface area contributed by atoms with Gasteiger partial charge in [0, 0.05) is 20.7 Å². The summed E-state index contributed by atoms with van der Waals surface area (Å²) in [5.74, 6) is 0. The van der Waals surface area contributed by atoms with E-state index in [0.717, 1.165) is 20.2 Å². The molecule has 14 heavy (non-hydrogen) atoms. The Labute approximate surface area is 99.4 Å². The van der Waals surface area contributed by atoms with Crippen LogP contribution in [-0.2, 0) is 0 Å². The summed E-state index contributed by atoms with van der Waals surface area (Å²) in [7, 11) is 0. The van der Waals surface area contributed by atoms with Crippen molar-refractivity contribution in [1.29, 1.82) is 0 Å². The molecule has 0 spiro atoms. The SMILES string of the molecule is Brc1ccc(-c2ncccc2Br)cc1. The fraction of sp³-hybridized carbons (Fsp3) is 0. The van der Waals surface area contributed by atoms with Gasteiger partial charge in [-0.2, -0.15) is 0 Å². The van der Waals surface area contributed by atoms with Gasteiger partial charge in [0.2, 0.25) is 0 Å². The molecule has 0 amide bonds. The molecule has 70 valence electrons. The normalized spacial score (nSPS) is 10.1. The Hall–Kier alpha value is -0.670. The van der Waals surface area contributed by atoms with Gasteiger partial charge in [0.25, 0.3) is 0 Å². The third-order valence-electron chi connectivity index (χ3n) is 1.88. The first kappa shape index (κ1) is 9.87. The Balaban J connectivity index is 2.50. The van der Waals surface area contributed by atoms with E-state index in [2.05, 4.69) is 36.8 Å². The van der Waals surface area contributed by atoms with Crippen LogP contribution in [0.3, 0.4) is 0 Å². The Kier molecular flexibility index (Phi) is 2.99. The number of hydrogen-bond acceptors (Lipinski definition) is 1. The molecule has 3 heteroatoms. The third-order valence-corrected chi connectivity index (χ3v) is 3.04. The highest BCUT2D eigenvalue weighted by Crippen LogP contribution is 2.26. The lowest BCUT2D eigenvalue weighted by Gasteiger charge is -2.02. The van der Waals surface area contributed by atoms with Crippen LogP contribution < -0.4 is 0 Å². The number of pyridine rings is 1. The smallest absolute Gasteiger partial charge is 0.0843 e. The number of aromatic nitrogens is 1. The lowest BCUT2D eigenvalue weighted by Crippen LogP contribution is -1.83. The summed E-state index contributed by atoms with van der Waals surface area (Å²) in [4.78, 5) is 4.32. The van der Waals surface area contributed by atoms with Crippen LogP contribution in [-0.4, -0.2) is 4.98 Å². The zero-order valence-electron chi connectivity index (χ0n) is 7.24. The maximum Gasteiger partial charge on any atom is 0.0843 e. The molecular weight excluding hydrogens is 306 g/mol. The Morgan fingerprint density at radius 2 is 1.64 bits per heavy atom. The van der Waals surface area contributed by atoms with Gasteiger partial charge in [0.15, 0.2) is 0 Å². The number of benzene rings is 1. The van der Waals surface area contributed by atoms with E-state index >= 15 is 0 Å². The number of nitrogens with zero attached hydrogens (tertiary/aromatic N) is 1. The molecule has 2 aromatic rings. The van der Waals surface area contributed by atoms with E-state index in [0.29, 0.717) is 0 Å². The van der Waals surface area contributed by atoms with Crippen molar-refractivity contribution in [1.82, 2.24) is 4.98 Å². The van der Waals surface area contributed by atoms with Crippen LogP contribution in [0.15, 0.2) is 51.5 Å². The second-order valence-corrected chi connectivity index (χ2v) is 4.61. The highest BCUT2D eigenvalue weighted by molar-refractivity contribution is 9.10. The second kappa shape index (κ2) is 4.24. The molecule has 0 radical (unpaired) electrons. The molecule has 1 aromatic heterocycles. The fourth-order valence-corrected chi connectivity index (χ4v) is 1.95. The zero-order chi connectivity index (χ0) is 9.97. The van der Waals surface area contributed by atoms with Crippen LogP contribution in [0, 0.1) is 0 Å². The Morgan fingerprint density at radius 3 is 2.29 bits per heavy atom. The van der Waals surface area contributed by atoms with Gasteiger partial charge in [-0.1, -0.05) is 28.1 Å². The molecule has 1 nitrogen and oxygen atoms in total. The van der Waals surface area contributed by atoms with E-state index in [1.165, 1.54) is 0 Å². The lowest BCUT2D eigenvalue weighted by molar-refractivity contribution is 1.31.